The summed E-state index contributed by atoms with van der Waals surface area (Å²) in [5, 5.41) is 9.52. The summed E-state index contributed by atoms with van der Waals surface area (Å²) in [6.07, 6.45) is 2.55. The van der Waals surface area contributed by atoms with Crippen LogP contribution < -0.4 is 0 Å². The number of hydrogen-bond acceptors (Lipinski definition) is 4. The van der Waals surface area contributed by atoms with E-state index in [1.54, 1.807) is 0 Å². The number of esters is 1. The molecule has 2 atom stereocenters. The number of aliphatic hydroxyl groups is 1. The standard InChI is InChI=1S/C13H25NO3/c1-4-9-17-13(16)10(2)14-7-5-12(6-8-14)11(3)15/h10-12,15H,4-9H2,1-3H3. The zero-order valence-electron chi connectivity index (χ0n) is 11.2. The van der Waals surface area contributed by atoms with Crippen LogP contribution in [0.5, 0.6) is 0 Å². The van der Waals surface area contributed by atoms with Gasteiger partial charge in [-0.3, -0.25) is 9.69 Å². The van der Waals surface area contributed by atoms with Crippen molar-refractivity contribution >= 4 is 5.97 Å². The minimum Gasteiger partial charge on any atom is -0.465 e. The van der Waals surface area contributed by atoms with Crippen LogP contribution in [0.25, 0.3) is 0 Å². The monoisotopic (exact) mass is 243 g/mol. The van der Waals surface area contributed by atoms with Crippen LogP contribution in [-0.4, -0.2) is 47.8 Å². The highest BCUT2D eigenvalue weighted by atomic mass is 16.5. The Morgan fingerprint density at radius 3 is 2.47 bits per heavy atom. The molecule has 0 saturated carbocycles. The molecule has 0 radical (unpaired) electrons. The summed E-state index contributed by atoms with van der Waals surface area (Å²) >= 11 is 0. The van der Waals surface area contributed by atoms with Gasteiger partial charge in [-0.1, -0.05) is 6.92 Å². The Morgan fingerprint density at radius 1 is 1.41 bits per heavy atom. The van der Waals surface area contributed by atoms with Gasteiger partial charge in [-0.05, 0) is 52.1 Å². The van der Waals surface area contributed by atoms with E-state index in [4.69, 9.17) is 4.74 Å². The topological polar surface area (TPSA) is 49.8 Å². The number of piperidine rings is 1. The minimum atomic E-state index is -0.237. The molecular weight excluding hydrogens is 218 g/mol. The Balaban J connectivity index is 2.35. The zero-order valence-corrected chi connectivity index (χ0v) is 11.2. The van der Waals surface area contributed by atoms with Crippen LogP contribution in [0.2, 0.25) is 0 Å². The molecule has 17 heavy (non-hydrogen) atoms. The van der Waals surface area contributed by atoms with E-state index in [0.717, 1.165) is 32.4 Å². The van der Waals surface area contributed by atoms with E-state index in [1.165, 1.54) is 0 Å². The second kappa shape index (κ2) is 6.97. The lowest BCUT2D eigenvalue weighted by Crippen LogP contribution is -2.46. The third-order valence-corrected chi connectivity index (χ3v) is 3.59. The van der Waals surface area contributed by atoms with Crippen LogP contribution in [0.4, 0.5) is 0 Å². The first-order chi connectivity index (χ1) is 8.06. The number of hydrogen-bond donors (Lipinski definition) is 1. The van der Waals surface area contributed by atoms with E-state index in [1.807, 2.05) is 20.8 Å². The molecule has 0 aromatic rings. The summed E-state index contributed by atoms with van der Waals surface area (Å²) in [5.74, 6) is 0.257. The molecule has 0 amide bonds. The second-order valence-electron chi connectivity index (χ2n) is 4.96. The van der Waals surface area contributed by atoms with E-state index >= 15 is 0 Å². The fourth-order valence-electron chi connectivity index (χ4n) is 2.26. The molecule has 1 fully saturated rings. The molecule has 1 aliphatic rings. The number of rotatable bonds is 5. The molecule has 1 N–H and O–H groups in total. The Kier molecular flexibility index (Phi) is 5.92. The highest BCUT2D eigenvalue weighted by Gasteiger charge is 2.28. The second-order valence-corrected chi connectivity index (χ2v) is 4.96. The molecular formula is C13H25NO3. The Bertz CT molecular complexity index is 235. The minimum absolute atomic E-state index is 0.123. The number of carbonyl (C=O) groups excluding carboxylic acids is 1. The number of nitrogens with zero attached hydrogens (tertiary/aromatic N) is 1. The van der Waals surface area contributed by atoms with Crippen LogP contribution in [-0.2, 0) is 9.53 Å². The molecule has 1 saturated heterocycles. The van der Waals surface area contributed by atoms with Gasteiger partial charge >= 0.3 is 5.97 Å². The molecule has 0 aromatic carbocycles. The highest BCUT2D eigenvalue weighted by molar-refractivity contribution is 5.75. The van der Waals surface area contributed by atoms with E-state index in [0.29, 0.717) is 12.5 Å². The van der Waals surface area contributed by atoms with Gasteiger partial charge in [0, 0.05) is 0 Å². The normalized spacial score (nSPS) is 22.1. The van der Waals surface area contributed by atoms with Crippen molar-refractivity contribution in [1.29, 1.82) is 0 Å². The van der Waals surface area contributed by atoms with Crippen LogP contribution >= 0.6 is 0 Å². The largest absolute Gasteiger partial charge is 0.465 e. The third kappa shape index (κ3) is 4.28. The Labute approximate surface area is 104 Å². The highest BCUT2D eigenvalue weighted by Crippen LogP contribution is 2.22. The predicted octanol–water partition coefficient (Wildman–Crippen LogP) is 1.42. The van der Waals surface area contributed by atoms with Gasteiger partial charge < -0.3 is 9.84 Å². The average molecular weight is 243 g/mol. The lowest BCUT2D eigenvalue weighted by Gasteiger charge is -2.35. The van der Waals surface area contributed by atoms with E-state index in [9.17, 15) is 9.90 Å². The molecule has 0 spiro atoms. The first-order valence-corrected chi connectivity index (χ1v) is 6.65. The van der Waals surface area contributed by atoms with Gasteiger partial charge in [0.15, 0.2) is 0 Å². The van der Waals surface area contributed by atoms with Crippen LogP contribution in [0.15, 0.2) is 0 Å². The van der Waals surface area contributed by atoms with Crippen LogP contribution in [0.1, 0.15) is 40.0 Å². The molecule has 2 unspecified atom stereocenters. The van der Waals surface area contributed by atoms with E-state index < -0.39 is 0 Å². The van der Waals surface area contributed by atoms with Gasteiger partial charge in [0.25, 0.3) is 0 Å². The first-order valence-electron chi connectivity index (χ1n) is 6.65. The third-order valence-electron chi connectivity index (χ3n) is 3.59. The van der Waals surface area contributed by atoms with Gasteiger partial charge in [-0.25, -0.2) is 0 Å². The fourth-order valence-corrected chi connectivity index (χ4v) is 2.26. The van der Waals surface area contributed by atoms with E-state index in [-0.39, 0.29) is 18.1 Å². The molecule has 0 aromatic heterocycles. The fraction of sp³-hybridized carbons (Fsp3) is 0.923. The molecule has 0 aliphatic carbocycles. The summed E-state index contributed by atoms with van der Waals surface area (Å²) in [4.78, 5) is 13.9. The van der Waals surface area contributed by atoms with Gasteiger partial charge in [0.05, 0.1) is 12.7 Å². The molecule has 0 bridgehead atoms. The number of ether oxygens (including phenoxy) is 1. The van der Waals surface area contributed by atoms with Gasteiger partial charge in [0.2, 0.25) is 0 Å². The molecule has 4 nitrogen and oxygen atoms in total. The maximum Gasteiger partial charge on any atom is 0.323 e. The number of likely N-dealkylation sites (tertiary alicyclic amines) is 1. The Hall–Kier alpha value is -0.610. The van der Waals surface area contributed by atoms with Crippen molar-refractivity contribution in [1.82, 2.24) is 4.90 Å². The van der Waals surface area contributed by atoms with Crippen molar-refractivity contribution in [2.45, 2.75) is 52.2 Å². The summed E-state index contributed by atoms with van der Waals surface area (Å²) < 4.78 is 5.15. The van der Waals surface area contributed by atoms with Crippen molar-refractivity contribution < 1.29 is 14.6 Å². The molecule has 1 aliphatic heterocycles. The van der Waals surface area contributed by atoms with Gasteiger partial charge in [0.1, 0.15) is 6.04 Å². The van der Waals surface area contributed by atoms with Crippen molar-refractivity contribution in [3.8, 4) is 0 Å². The zero-order chi connectivity index (χ0) is 12.8. The maximum atomic E-state index is 11.7. The van der Waals surface area contributed by atoms with Crippen molar-refractivity contribution in [2.75, 3.05) is 19.7 Å². The quantitative estimate of drug-likeness (QED) is 0.742. The lowest BCUT2D eigenvalue weighted by atomic mass is 9.91. The molecule has 4 heteroatoms. The lowest BCUT2D eigenvalue weighted by molar-refractivity contribution is -0.150. The smallest absolute Gasteiger partial charge is 0.323 e. The maximum absolute atomic E-state index is 11.7. The summed E-state index contributed by atoms with van der Waals surface area (Å²) in [6.45, 7) is 8.00. The van der Waals surface area contributed by atoms with Crippen LogP contribution in [0, 0.1) is 5.92 Å². The number of aliphatic hydroxyl groups excluding tert-OH is 1. The van der Waals surface area contributed by atoms with Crippen molar-refractivity contribution in [2.24, 2.45) is 5.92 Å². The number of carbonyl (C=O) groups is 1. The predicted molar refractivity (Wildman–Crippen MR) is 66.7 cm³/mol. The average Bonchev–Trinajstić information content (AvgIpc) is 2.35. The first kappa shape index (κ1) is 14.5. The molecule has 1 heterocycles. The SMILES string of the molecule is CCCOC(=O)C(C)N1CCC(C(C)O)CC1. The van der Waals surface area contributed by atoms with Gasteiger partial charge in [-0.15, -0.1) is 0 Å². The summed E-state index contributed by atoms with van der Waals surface area (Å²) in [6, 6.07) is -0.156. The van der Waals surface area contributed by atoms with Crippen molar-refractivity contribution in [3.05, 3.63) is 0 Å². The van der Waals surface area contributed by atoms with Crippen LogP contribution in [0.3, 0.4) is 0 Å². The van der Waals surface area contributed by atoms with Gasteiger partial charge in [-0.2, -0.15) is 0 Å². The van der Waals surface area contributed by atoms with E-state index in [2.05, 4.69) is 4.90 Å². The molecule has 100 valence electrons. The van der Waals surface area contributed by atoms with Crippen molar-refractivity contribution in [3.63, 3.8) is 0 Å². The summed E-state index contributed by atoms with van der Waals surface area (Å²) in [7, 11) is 0. The molecule has 1 rings (SSSR count). The summed E-state index contributed by atoms with van der Waals surface area (Å²) in [5.41, 5.74) is 0. The Morgan fingerprint density at radius 2 is 2.00 bits per heavy atom.